The number of fused-ring (bicyclic) bond motifs is 6. The number of anilines is 3. The number of hydrogen-bond acceptors (Lipinski definition) is 1. The Bertz CT molecular complexity index is 3650. The summed E-state index contributed by atoms with van der Waals surface area (Å²) in [6.45, 7) is 0. The minimum Gasteiger partial charge on any atom is -0.310 e. The maximum absolute atomic E-state index is 2.42. The number of nitrogens with zero attached hydrogens (tertiary/aromatic N) is 2. The van der Waals surface area contributed by atoms with E-state index in [9.17, 15) is 0 Å². The lowest BCUT2D eigenvalue weighted by Crippen LogP contribution is -2.10. The SMILES string of the molecule is c1ccc(-c2c(-c3ccccc3)c3cc(-c4cccc(N(c5ccccc5)c5cccc(-c6cccc7c8ccccc8n(-c8ccccc8)c67)c5)c4)ccc3c3ccccc23)cc1. The molecule has 2 nitrogen and oxygen atoms in total. The molecule has 64 heavy (non-hydrogen) atoms. The Morgan fingerprint density at radius 3 is 1.44 bits per heavy atom. The third-order valence-corrected chi connectivity index (χ3v) is 12.7. The molecule has 1 heterocycles. The van der Waals surface area contributed by atoms with Gasteiger partial charge in [0.05, 0.1) is 11.0 Å². The molecule has 0 N–H and O–H groups in total. The largest absolute Gasteiger partial charge is 0.310 e. The first-order valence-corrected chi connectivity index (χ1v) is 22.0. The van der Waals surface area contributed by atoms with Crippen molar-refractivity contribution in [3.05, 3.63) is 255 Å². The second kappa shape index (κ2) is 15.8. The quantitative estimate of drug-likeness (QED) is 0.139. The summed E-state index contributed by atoms with van der Waals surface area (Å²) in [5.74, 6) is 0. The second-order valence-electron chi connectivity index (χ2n) is 16.4. The van der Waals surface area contributed by atoms with Crippen molar-refractivity contribution in [2.24, 2.45) is 0 Å². The fraction of sp³-hybridized carbons (Fsp3) is 0. The lowest BCUT2D eigenvalue weighted by atomic mass is 9.84. The van der Waals surface area contributed by atoms with Crippen molar-refractivity contribution < 1.29 is 0 Å². The molecule has 0 bridgehead atoms. The van der Waals surface area contributed by atoms with E-state index in [4.69, 9.17) is 0 Å². The van der Waals surface area contributed by atoms with E-state index in [-0.39, 0.29) is 0 Å². The fourth-order valence-corrected chi connectivity index (χ4v) is 9.94. The van der Waals surface area contributed by atoms with Gasteiger partial charge in [0.25, 0.3) is 0 Å². The first-order chi connectivity index (χ1) is 31.8. The summed E-state index contributed by atoms with van der Waals surface area (Å²) in [4.78, 5) is 2.39. The van der Waals surface area contributed by atoms with Crippen LogP contribution in [0.2, 0.25) is 0 Å². The minimum atomic E-state index is 1.09. The average molecular weight is 815 g/mol. The lowest BCUT2D eigenvalue weighted by Gasteiger charge is -2.26. The summed E-state index contributed by atoms with van der Waals surface area (Å²) in [5, 5.41) is 7.49. The van der Waals surface area contributed by atoms with E-state index >= 15 is 0 Å². The van der Waals surface area contributed by atoms with Gasteiger partial charge in [-0.3, -0.25) is 0 Å². The van der Waals surface area contributed by atoms with Gasteiger partial charge in [0.2, 0.25) is 0 Å². The highest BCUT2D eigenvalue weighted by Gasteiger charge is 2.21. The molecular weight excluding hydrogens is 773 g/mol. The third-order valence-electron chi connectivity index (χ3n) is 12.7. The molecule has 0 aliphatic rings. The Balaban J connectivity index is 1.03. The first kappa shape index (κ1) is 37.3. The lowest BCUT2D eigenvalue weighted by molar-refractivity contribution is 1.18. The van der Waals surface area contributed by atoms with Crippen LogP contribution in [0.3, 0.4) is 0 Å². The summed E-state index contributed by atoms with van der Waals surface area (Å²) in [5.41, 5.74) is 16.4. The van der Waals surface area contributed by atoms with Gasteiger partial charge in [0.1, 0.15) is 0 Å². The van der Waals surface area contributed by atoms with E-state index < -0.39 is 0 Å². The number of aromatic nitrogens is 1. The minimum absolute atomic E-state index is 1.09. The Morgan fingerprint density at radius 1 is 0.266 bits per heavy atom. The Morgan fingerprint density at radius 2 is 0.734 bits per heavy atom. The van der Waals surface area contributed by atoms with Crippen molar-refractivity contribution >= 4 is 60.4 Å². The van der Waals surface area contributed by atoms with Crippen LogP contribution < -0.4 is 4.90 Å². The van der Waals surface area contributed by atoms with Gasteiger partial charge < -0.3 is 9.47 Å². The van der Waals surface area contributed by atoms with Gasteiger partial charge in [-0.05, 0) is 121 Å². The molecular formula is C62H42N2. The molecule has 12 aromatic rings. The van der Waals surface area contributed by atoms with Crippen LogP contribution in [-0.2, 0) is 0 Å². The molecule has 0 radical (unpaired) electrons. The number of para-hydroxylation sites is 4. The van der Waals surface area contributed by atoms with Gasteiger partial charge in [-0.2, -0.15) is 0 Å². The van der Waals surface area contributed by atoms with Crippen molar-refractivity contribution in [2.75, 3.05) is 4.90 Å². The summed E-state index contributed by atoms with van der Waals surface area (Å²) >= 11 is 0. The highest BCUT2D eigenvalue weighted by atomic mass is 15.1. The molecule has 300 valence electrons. The third kappa shape index (κ3) is 6.35. The second-order valence-corrected chi connectivity index (χ2v) is 16.4. The zero-order valence-corrected chi connectivity index (χ0v) is 35.1. The molecule has 0 saturated heterocycles. The van der Waals surface area contributed by atoms with Crippen LogP contribution in [0.4, 0.5) is 17.1 Å². The highest BCUT2D eigenvalue weighted by Crippen LogP contribution is 2.47. The monoisotopic (exact) mass is 814 g/mol. The van der Waals surface area contributed by atoms with Crippen molar-refractivity contribution in [1.29, 1.82) is 0 Å². The molecule has 0 fully saturated rings. The molecule has 0 spiro atoms. The Labute approximate surface area is 373 Å². The van der Waals surface area contributed by atoms with Crippen LogP contribution in [0.1, 0.15) is 0 Å². The predicted octanol–water partition coefficient (Wildman–Crippen LogP) is 17.2. The smallest absolute Gasteiger partial charge is 0.0619 e. The topological polar surface area (TPSA) is 8.17 Å². The standard InChI is InChI=1S/C62H42N2/c1-5-20-43(21-6-1)60-56-34-14-13-32-53(56)54-39-38-46(42-58(54)61(60)44-22-7-2-8-23-44)45-24-17-30-50(40-45)63(48-26-9-3-10-27-48)51-31-18-25-47(41-51)52-35-19-36-57-55-33-15-16-37-59(55)64(62(52)57)49-28-11-4-12-29-49/h1-42H. The number of benzene rings is 11. The Hall–Kier alpha value is -8.46. The van der Waals surface area contributed by atoms with Crippen molar-refractivity contribution in [1.82, 2.24) is 4.57 Å². The van der Waals surface area contributed by atoms with Crippen LogP contribution in [0.15, 0.2) is 255 Å². The van der Waals surface area contributed by atoms with E-state index in [1.54, 1.807) is 0 Å². The van der Waals surface area contributed by atoms with Gasteiger partial charge in [-0.15, -0.1) is 0 Å². The van der Waals surface area contributed by atoms with E-state index in [1.807, 2.05) is 0 Å². The summed E-state index contributed by atoms with van der Waals surface area (Å²) in [6.07, 6.45) is 0. The van der Waals surface area contributed by atoms with Crippen LogP contribution in [0, 0.1) is 0 Å². The molecule has 0 amide bonds. The van der Waals surface area contributed by atoms with Gasteiger partial charge in [-0.25, -0.2) is 0 Å². The molecule has 0 aliphatic heterocycles. The van der Waals surface area contributed by atoms with Gasteiger partial charge in [-0.1, -0.05) is 194 Å². The van der Waals surface area contributed by atoms with Crippen molar-refractivity contribution in [3.8, 4) is 50.2 Å². The zero-order chi connectivity index (χ0) is 42.4. The van der Waals surface area contributed by atoms with E-state index in [2.05, 4.69) is 264 Å². The maximum atomic E-state index is 2.42. The molecule has 11 aromatic carbocycles. The van der Waals surface area contributed by atoms with Crippen LogP contribution in [0.25, 0.3) is 93.5 Å². The van der Waals surface area contributed by atoms with Gasteiger partial charge in [0, 0.05) is 39.1 Å². The van der Waals surface area contributed by atoms with Gasteiger partial charge in [0.15, 0.2) is 0 Å². The average Bonchev–Trinajstić information content (AvgIpc) is 3.72. The van der Waals surface area contributed by atoms with E-state index in [0.29, 0.717) is 0 Å². The number of rotatable bonds is 8. The molecule has 0 unspecified atom stereocenters. The summed E-state index contributed by atoms with van der Waals surface area (Å²) in [7, 11) is 0. The van der Waals surface area contributed by atoms with E-state index in [0.717, 1.165) is 33.9 Å². The fourth-order valence-electron chi connectivity index (χ4n) is 9.94. The Kier molecular flexibility index (Phi) is 9.20. The van der Waals surface area contributed by atoms with E-state index in [1.165, 1.54) is 76.7 Å². The predicted molar refractivity (Wildman–Crippen MR) is 272 cm³/mol. The zero-order valence-electron chi connectivity index (χ0n) is 35.1. The highest BCUT2D eigenvalue weighted by molar-refractivity contribution is 6.22. The molecule has 2 heteroatoms. The van der Waals surface area contributed by atoms with Gasteiger partial charge >= 0.3 is 0 Å². The van der Waals surface area contributed by atoms with Crippen LogP contribution in [0.5, 0.6) is 0 Å². The summed E-state index contributed by atoms with van der Waals surface area (Å²) in [6, 6.07) is 92.6. The van der Waals surface area contributed by atoms with Crippen molar-refractivity contribution in [2.45, 2.75) is 0 Å². The van der Waals surface area contributed by atoms with Crippen LogP contribution >= 0.6 is 0 Å². The normalized spacial score (nSPS) is 11.4. The maximum Gasteiger partial charge on any atom is 0.0619 e. The molecule has 12 rings (SSSR count). The number of hydrogen-bond donors (Lipinski definition) is 0. The molecule has 0 saturated carbocycles. The first-order valence-electron chi connectivity index (χ1n) is 22.0. The molecule has 0 atom stereocenters. The molecule has 1 aromatic heterocycles. The van der Waals surface area contributed by atoms with Crippen molar-refractivity contribution in [3.63, 3.8) is 0 Å². The summed E-state index contributed by atoms with van der Waals surface area (Å²) < 4.78 is 2.42. The van der Waals surface area contributed by atoms with Crippen LogP contribution in [-0.4, -0.2) is 4.57 Å². The molecule has 0 aliphatic carbocycles.